The minimum Gasteiger partial charge on any atom is -0.393 e. The van der Waals surface area contributed by atoms with Crippen molar-refractivity contribution in [2.75, 3.05) is 13.1 Å². The monoisotopic (exact) mass is 253 g/mol. The van der Waals surface area contributed by atoms with Crippen LogP contribution in [-0.2, 0) is 0 Å². The molecule has 2 nitrogen and oxygen atoms in total. The van der Waals surface area contributed by atoms with E-state index < -0.39 is 0 Å². The molecule has 0 aromatic heterocycles. The van der Waals surface area contributed by atoms with E-state index in [9.17, 15) is 5.11 Å². The Bertz CT molecular complexity index is 249. The van der Waals surface area contributed by atoms with Crippen LogP contribution in [0.2, 0.25) is 0 Å². The first-order valence-corrected chi connectivity index (χ1v) is 8.04. The second kappa shape index (κ2) is 6.38. The minimum atomic E-state index is -0.0551. The van der Waals surface area contributed by atoms with Crippen molar-refractivity contribution in [3.63, 3.8) is 0 Å². The van der Waals surface area contributed by atoms with Crippen molar-refractivity contribution >= 4 is 0 Å². The van der Waals surface area contributed by atoms with Gasteiger partial charge in [0.05, 0.1) is 6.10 Å². The van der Waals surface area contributed by atoms with Crippen molar-refractivity contribution in [1.82, 2.24) is 4.90 Å². The molecular formula is C16H31NO. The summed E-state index contributed by atoms with van der Waals surface area (Å²) in [5.74, 6) is 2.48. The summed E-state index contributed by atoms with van der Waals surface area (Å²) in [6, 6.07) is 0.624. The van der Waals surface area contributed by atoms with Crippen LogP contribution in [-0.4, -0.2) is 35.2 Å². The molecule has 2 aliphatic rings. The van der Waals surface area contributed by atoms with Crippen LogP contribution < -0.4 is 0 Å². The van der Waals surface area contributed by atoms with Crippen molar-refractivity contribution in [2.45, 2.75) is 71.4 Å². The summed E-state index contributed by atoms with van der Waals surface area (Å²) >= 11 is 0. The van der Waals surface area contributed by atoms with Crippen LogP contribution in [0, 0.1) is 17.8 Å². The minimum absolute atomic E-state index is 0.0551. The second-order valence-electron chi connectivity index (χ2n) is 6.83. The Labute approximate surface area is 113 Å². The van der Waals surface area contributed by atoms with Gasteiger partial charge in [0.15, 0.2) is 0 Å². The number of nitrogens with zero attached hydrogens (tertiary/aromatic N) is 1. The molecule has 0 bridgehead atoms. The fourth-order valence-corrected chi connectivity index (χ4v) is 3.85. The molecule has 0 aromatic carbocycles. The third-order valence-electron chi connectivity index (χ3n) is 5.29. The molecule has 2 aliphatic carbocycles. The van der Waals surface area contributed by atoms with Gasteiger partial charge in [-0.1, -0.05) is 27.2 Å². The molecule has 106 valence electrons. The molecule has 2 fully saturated rings. The summed E-state index contributed by atoms with van der Waals surface area (Å²) in [6.45, 7) is 9.42. The Morgan fingerprint density at radius 3 is 2.39 bits per heavy atom. The van der Waals surface area contributed by atoms with E-state index in [2.05, 4.69) is 25.7 Å². The highest BCUT2D eigenvalue weighted by molar-refractivity contribution is 4.89. The first-order chi connectivity index (χ1) is 8.61. The first kappa shape index (κ1) is 14.3. The molecule has 3 atom stereocenters. The highest BCUT2D eigenvalue weighted by Crippen LogP contribution is 2.36. The van der Waals surface area contributed by atoms with Crippen LogP contribution in [0.3, 0.4) is 0 Å². The SMILES string of the molecule is CCN(CC1CCC1)C1CC(O)CCC1C(C)C. The van der Waals surface area contributed by atoms with Gasteiger partial charge in [-0.25, -0.2) is 0 Å². The molecule has 0 amide bonds. The fraction of sp³-hybridized carbons (Fsp3) is 1.00. The second-order valence-corrected chi connectivity index (χ2v) is 6.83. The molecular weight excluding hydrogens is 222 g/mol. The van der Waals surface area contributed by atoms with Crippen molar-refractivity contribution < 1.29 is 5.11 Å². The van der Waals surface area contributed by atoms with Crippen LogP contribution in [0.1, 0.15) is 59.3 Å². The normalized spacial score (nSPS) is 34.0. The van der Waals surface area contributed by atoms with E-state index in [0.29, 0.717) is 6.04 Å². The maximum absolute atomic E-state index is 10.0. The molecule has 0 radical (unpaired) electrons. The van der Waals surface area contributed by atoms with Gasteiger partial charge in [-0.2, -0.15) is 0 Å². The Kier molecular flexibility index (Phi) is 5.08. The zero-order valence-electron chi connectivity index (χ0n) is 12.4. The third kappa shape index (κ3) is 3.27. The van der Waals surface area contributed by atoms with E-state index >= 15 is 0 Å². The Balaban J connectivity index is 1.98. The summed E-state index contributed by atoms with van der Waals surface area (Å²) in [7, 11) is 0. The van der Waals surface area contributed by atoms with Crippen molar-refractivity contribution in [1.29, 1.82) is 0 Å². The smallest absolute Gasteiger partial charge is 0.0555 e. The van der Waals surface area contributed by atoms with Crippen LogP contribution in [0.25, 0.3) is 0 Å². The maximum atomic E-state index is 10.0. The molecule has 0 aliphatic heterocycles. The summed E-state index contributed by atoms with van der Waals surface area (Å²) in [5, 5.41) is 10.0. The van der Waals surface area contributed by atoms with Crippen LogP contribution in [0.15, 0.2) is 0 Å². The van der Waals surface area contributed by atoms with Gasteiger partial charge in [0, 0.05) is 12.6 Å². The lowest BCUT2D eigenvalue weighted by molar-refractivity contribution is 0.00224. The predicted molar refractivity (Wildman–Crippen MR) is 76.6 cm³/mol. The van der Waals surface area contributed by atoms with Crippen molar-refractivity contribution in [3.8, 4) is 0 Å². The molecule has 0 saturated heterocycles. The van der Waals surface area contributed by atoms with Gasteiger partial charge >= 0.3 is 0 Å². The molecule has 0 aromatic rings. The molecule has 1 N–H and O–H groups in total. The van der Waals surface area contributed by atoms with E-state index in [4.69, 9.17) is 0 Å². The quantitative estimate of drug-likeness (QED) is 0.812. The summed E-state index contributed by atoms with van der Waals surface area (Å²) < 4.78 is 0. The van der Waals surface area contributed by atoms with Crippen LogP contribution >= 0.6 is 0 Å². The molecule has 2 saturated carbocycles. The Hall–Kier alpha value is -0.0800. The van der Waals surface area contributed by atoms with Gasteiger partial charge in [-0.15, -0.1) is 0 Å². The lowest BCUT2D eigenvalue weighted by atomic mass is 9.75. The zero-order valence-corrected chi connectivity index (χ0v) is 12.4. The Morgan fingerprint density at radius 1 is 1.17 bits per heavy atom. The van der Waals surface area contributed by atoms with Gasteiger partial charge in [0.1, 0.15) is 0 Å². The highest BCUT2D eigenvalue weighted by Gasteiger charge is 2.36. The van der Waals surface area contributed by atoms with Gasteiger partial charge in [-0.3, -0.25) is 0 Å². The number of hydrogen-bond donors (Lipinski definition) is 1. The maximum Gasteiger partial charge on any atom is 0.0555 e. The molecule has 2 heteroatoms. The van der Waals surface area contributed by atoms with Crippen molar-refractivity contribution in [2.24, 2.45) is 17.8 Å². The van der Waals surface area contributed by atoms with E-state index in [0.717, 1.165) is 37.1 Å². The van der Waals surface area contributed by atoms with Gasteiger partial charge < -0.3 is 10.0 Å². The van der Waals surface area contributed by atoms with Crippen LogP contribution in [0.4, 0.5) is 0 Å². The fourth-order valence-electron chi connectivity index (χ4n) is 3.85. The summed E-state index contributed by atoms with van der Waals surface area (Å²) in [5.41, 5.74) is 0. The average Bonchev–Trinajstić information content (AvgIpc) is 2.27. The highest BCUT2D eigenvalue weighted by atomic mass is 16.3. The summed E-state index contributed by atoms with van der Waals surface area (Å²) in [6.07, 6.45) is 7.47. The van der Waals surface area contributed by atoms with E-state index in [1.807, 2.05) is 0 Å². The largest absolute Gasteiger partial charge is 0.393 e. The third-order valence-corrected chi connectivity index (χ3v) is 5.29. The molecule has 0 spiro atoms. The topological polar surface area (TPSA) is 23.5 Å². The molecule has 18 heavy (non-hydrogen) atoms. The first-order valence-electron chi connectivity index (χ1n) is 8.04. The molecule has 0 heterocycles. The number of aliphatic hydroxyl groups is 1. The lowest BCUT2D eigenvalue weighted by Crippen LogP contribution is -2.49. The molecule has 2 rings (SSSR count). The lowest BCUT2D eigenvalue weighted by Gasteiger charge is -2.45. The van der Waals surface area contributed by atoms with Gasteiger partial charge in [0.2, 0.25) is 0 Å². The number of rotatable bonds is 5. The zero-order chi connectivity index (χ0) is 13.1. The Morgan fingerprint density at radius 2 is 1.89 bits per heavy atom. The van der Waals surface area contributed by atoms with Gasteiger partial charge in [0.25, 0.3) is 0 Å². The van der Waals surface area contributed by atoms with E-state index in [-0.39, 0.29) is 6.10 Å². The predicted octanol–water partition coefficient (Wildman–Crippen LogP) is 3.29. The molecule has 3 unspecified atom stereocenters. The van der Waals surface area contributed by atoms with E-state index in [1.165, 1.54) is 32.2 Å². The van der Waals surface area contributed by atoms with Crippen molar-refractivity contribution in [3.05, 3.63) is 0 Å². The number of aliphatic hydroxyl groups excluding tert-OH is 1. The van der Waals surface area contributed by atoms with E-state index in [1.54, 1.807) is 0 Å². The number of hydrogen-bond acceptors (Lipinski definition) is 2. The standard InChI is InChI=1S/C16H31NO/c1-4-17(11-13-6-5-7-13)16-10-14(18)8-9-15(16)12(2)3/h12-16,18H,4-11H2,1-3H3. The van der Waals surface area contributed by atoms with Crippen LogP contribution in [0.5, 0.6) is 0 Å². The average molecular weight is 253 g/mol. The van der Waals surface area contributed by atoms with Gasteiger partial charge in [-0.05, 0) is 56.4 Å². The summed E-state index contributed by atoms with van der Waals surface area (Å²) in [4.78, 5) is 2.68.